The van der Waals surface area contributed by atoms with Crippen LogP contribution in [0.1, 0.15) is 31.2 Å². The monoisotopic (exact) mass is 349 g/mol. The van der Waals surface area contributed by atoms with Crippen LogP contribution in [-0.4, -0.2) is 23.0 Å². The first-order chi connectivity index (χ1) is 11.4. The summed E-state index contributed by atoms with van der Waals surface area (Å²) in [6, 6.07) is 9.09. The van der Waals surface area contributed by atoms with Gasteiger partial charge in [-0.15, -0.1) is 0 Å². The number of methoxy groups -OCH3 is 1. The Hall–Kier alpha value is -2.08. The average Bonchev–Trinajstić information content (AvgIpc) is 2.98. The molecule has 0 aliphatic carbocycles. The molecule has 1 aromatic carbocycles. The van der Waals surface area contributed by atoms with Crippen LogP contribution in [-0.2, 0) is 15.6 Å². The largest absolute Gasteiger partial charge is 0.497 e. The van der Waals surface area contributed by atoms with Gasteiger partial charge in [-0.3, -0.25) is 9.00 Å². The smallest absolute Gasteiger partial charge is 0.233 e. The zero-order valence-corrected chi connectivity index (χ0v) is 15.2. The number of carbonyl (C=O) groups excluding carboxylic acids is 1. The number of aryl methyl sites for hydroxylation is 1. The summed E-state index contributed by atoms with van der Waals surface area (Å²) in [5, 5.41) is 2.98. The summed E-state index contributed by atoms with van der Waals surface area (Å²) in [5.74, 6) is 1.22. The molecule has 2 aromatic rings. The number of rotatable bonds is 7. The summed E-state index contributed by atoms with van der Waals surface area (Å²) >= 11 is 0. The number of benzene rings is 1. The van der Waals surface area contributed by atoms with Gasteiger partial charge in [0, 0.05) is 0 Å². The van der Waals surface area contributed by atoms with Crippen molar-refractivity contribution >= 4 is 16.7 Å². The van der Waals surface area contributed by atoms with Crippen LogP contribution in [0.2, 0.25) is 0 Å². The second-order valence-electron chi connectivity index (χ2n) is 5.89. The molecule has 0 aliphatic heterocycles. The molecular weight excluding hydrogens is 326 g/mol. The van der Waals surface area contributed by atoms with Crippen molar-refractivity contribution in [1.82, 2.24) is 5.32 Å². The quantitative estimate of drug-likeness (QED) is 0.833. The highest BCUT2D eigenvalue weighted by molar-refractivity contribution is 7.85. The number of nitrogens with one attached hydrogen (secondary N) is 1. The fourth-order valence-corrected chi connectivity index (χ4v) is 3.52. The van der Waals surface area contributed by atoms with Gasteiger partial charge in [0.05, 0.1) is 35.1 Å². The minimum atomic E-state index is -1.41. The van der Waals surface area contributed by atoms with E-state index < -0.39 is 10.8 Å². The maximum absolute atomic E-state index is 12.3. The van der Waals surface area contributed by atoms with Crippen molar-refractivity contribution in [3.8, 4) is 5.75 Å². The zero-order valence-electron chi connectivity index (χ0n) is 14.4. The highest BCUT2D eigenvalue weighted by Gasteiger charge is 2.21. The van der Waals surface area contributed by atoms with Gasteiger partial charge in [0.15, 0.2) is 0 Å². The van der Waals surface area contributed by atoms with Crippen LogP contribution in [0.25, 0.3) is 0 Å². The molecule has 0 radical (unpaired) electrons. The first kappa shape index (κ1) is 18.3. The van der Waals surface area contributed by atoms with Gasteiger partial charge < -0.3 is 14.5 Å². The summed E-state index contributed by atoms with van der Waals surface area (Å²) in [5.41, 5.74) is 0.990. The molecule has 1 aromatic heterocycles. The van der Waals surface area contributed by atoms with E-state index in [0.29, 0.717) is 10.7 Å². The molecule has 0 saturated heterocycles. The van der Waals surface area contributed by atoms with Crippen molar-refractivity contribution in [1.29, 1.82) is 0 Å². The minimum Gasteiger partial charge on any atom is -0.497 e. The number of amides is 1. The van der Waals surface area contributed by atoms with E-state index >= 15 is 0 Å². The van der Waals surface area contributed by atoms with Crippen LogP contribution in [0.4, 0.5) is 0 Å². The van der Waals surface area contributed by atoms with Gasteiger partial charge in [0.25, 0.3) is 0 Å². The molecule has 5 nitrogen and oxygen atoms in total. The van der Waals surface area contributed by atoms with Gasteiger partial charge in [-0.25, -0.2) is 0 Å². The van der Waals surface area contributed by atoms with E-state index in [9.17, 15) is 9.00 Å². The zero-order chi connectivity index (χ0) is 17.7. The van der Waals surface area contributed by atoms with E-state index in [-0.39, 0.29) is 23.6 Å². The molecule has 130 valence electrons. The maximum atomic E-state index is 12.3. The summed E-state index contributed by atoms with van der Waals surface area (Å²) < 4.78 is 22.6. The van der Waals surface area contributed by atoms with Crippen molar-refractivity contribution in [2.45, 2.75) is 31.7 Å². The minimum absolute atomic E-state index is 0.0836. The summed E-state index contributed by atoms with van der Waals surface area (Å²) in [4.78, 5) is 12.9. The lowest BCUT2D eigenvalue weighted by molar-refractivity contribution is -0.119. The fraction of sp³-hybridized carbons (Fsp3) is 0.389. The normalized spacial score (nSPS) is 13.5. The van der Waals surface area contributed by atoms with Gasteiger partial charge in [0.2, 0.25) is 5.91 Å². The first-order valence-electron chi connectivity index (χ1n) is 7.78. The van der Waals surface area contributed by atoms with Crippen LogP contribution >= 0.6 is 0 Å². The van der Waals surface area contributed by atoms with E-state index in [0.717, 1.165) is 11.3 Å². The van der Waals surface area contributed by atoms with Crippen molar-refractivity contribution in [3.05, 3.63) is 47.9 Å². The van der Waals surface area contributed by atoms with Crippen LogP contribution in [0, 0.1) is 12.8 Å². The standard InChI is InChI=1S/C18H23NO4S/c1-12(2)18(14-5-7-15(22-4)8-6-14)19-17(20)11-24(21)16-9-10-23-13(16)3/h5-10,12,18H,11H2,1-4H3,(H,19,20)/t18-,24+/m1/s1. The van der Waals surface area contributed by atoms with Crippen molar-refractivity contribution in [2.24, 2.45) is 5.92 Å². The van der Waals surface area contributed by atoms with Gasteiger partial charge in [-0.05, 0) is 36.6 Å². The molecule has 0 spiro atoms. The Labute approximate surface area is 144 Å². The van der Waals surface area contributed by atoms with E-state index in [4.69, 9.17) is 9.15 Å². The fourth-order valence-electron chi connectivity index (χ4n) is 2.47. The SMILES string of the molecule is COc1ccc([C@H](NC(=O)C[S@](=O)c2ccoc2C)C(C)C)cc1. The second-order valence-corrected chi connectivity index (χ2v) is 7.31. The third-order valence-corrected chi connectivity index (χ3v) is 5.22. The Bertz CT molecular complexity index is 706. The van der Waals surface area contributed by atoms with Gasteiger partial charge in [-0.2, -0.15) is 0 Å². The van der Waals surface area contributed by atoms with E-state index in [2.05, 4.69) is 5.32 Å². The van der Waals surface area contributed by atoms with Crippen molar-refractivity contribution in [3.63, 3.8) is 0 Å². The molecule has 1 N–H and O–H groups in total. The number of carbonyl (C=O) groups is 1. The van der Waals surface area contributed by atoms with Crippen LogP contribution in [0.5, 0.6) is 5.75 Å². The average molecular weight is 349 g/mol. The Kier molecular flexibility index (Phi) is 6.20. The first-order valence-corrected chi connectivity index (χ1v) is 9.10. The van der Waals surface area contributed by atoms with E-state index in [1.807, 2.05) is 38.1 Å². The lowest BCUT2D eigenvalue weighted by Gasteiger charge is -2.23. The maximum Gasteiger partial charge on any atom is 0.233 e. The Morgan fingerprint density at radius 1 is 1.25 bits per heavy atom. The highest BCUT2D eigenvalue weighted by atomic mass is 32.2. The number of furan rings is 1. The molecule has 24 heavy (non-hydrogen) atoms. The van der Waals surface area contributed by atoms with Crippen LogP contribution in [0.15, 0.2) is 45.9 Å². The second kappa shape index (κ2) is 8.15. The molecular formula is C18H23NO4S. The third kappa shape index (κ3) is 4.47. The van der Waals surface area contributed by atoms with Crippen molar-refractivity contribution < 1.29 is 18.2 Å². The van der Waals surface area contributed by atoms with E-state index in [1.165, 1.54) is 6.26 Å². The molecule has 1 heterocycles. The van der Waals surface area contributed by atoms with E-state index in [1.54, 1.807) is 20.1 Å². The predicted molar refractivity (Wildman–Crippen MR) is 93.4 cm³/mol. The lowest BCUT2D eigenvalue weighted by Crippen LogP contribution is -2.34. The molecule has 0 unspecified atom stereocenters. The van der Waals surface area contributed by atoms with Gasteiger partial charge in [-0.1, -0.05) is 26.0 Å². The molecule has 0 aliphatic rings. The van der Waals surface area contributed by atoms with Crippen LogP contribution in [0.3, 0.4) is 0 Å². The Balaban J connectivity index is 2.05. The third-order valence-electron chi connectivity index (χ3n) is 3.78. The summed E-state index contributed by atoms with van der Waals surface area (Å²) in [6.07, 6.45) is 1.48. The van der Waals surface area contributed by atoms with Gasteiger partial charge in [0.1, 0.15) is 17.3 Å². The summed E-state index contributed by atoms with van der Waals surface area (Å²) in [7, 11) is 0.204. The Morgan fingerprint density at radius 3 is 2.42 bits per heavy atom. The number of hydrogen-bond donors (Lipinski definition) is 1. The Morgan fingerprint density at radius 2 is 1.92 bits per heavy atom. The lowest BCUT2D eigenvalue weighted by atomic mass is 9.96. The molecule has 6 heteroatoms. The summed E-state index contributed by atoms with van der Waals surface area (Å²) in [6.45, 7) is 5.80. The number of hydrogen-bond acceptors (Lipinski definition) is 4. The van der Waals surface area contributed by atoms with Gasteiger partial charge >= 0.3 is 0 Å². The van der Waals surface area contributed by atoms with Crippen LogP contribution < -0.4 is 10.1 Å². The molecule has 2 atom stereocenters. The highest BCUT2D eigenvalue weighted by Crippen LogP contribution is 2.24. The molecule has 0 fully saturated rings. The van der Waals surface area contributed by atoms with Crippen molar-refractivity contribution in [2.75, 3.05) is 12.9 Å². The topological polar surface area (TPSA) is 68.5 Å². The molecule has 0 saturated carbocycles. The molecule has 0 bridgehead atoms. The molecule has 2 rings (SSSR count). The predicted octanol–water partition coefficient (Wildman–Crippen LogP) is 3.22. The number of ether oxygens (including phenoxy) is 1. The molecule has 1 amide bonds.